The number of ether oxygens (including phenoxy) is 2. The topological polar surface area (TPSA) is 62.6 Å². The minimum Gasteiger partial charge on any atom is -0.373 e. The van der Waals surface area contributed by atoms with Crippen LogP contribution in [0.15, 0.2) is 11.6 Å². The summed E-state index contributed by atoms with van der Waals surface area (Å²) in [5.41, 5.74) is -0.298. The van der Waals surface area contributed by atoms with Crippen LogP contribution in [0.4, 0.5) is 0 Å². The molecule has 0 aliphatic carbocycles. The van der Waals surface area contributed by atoms with Crippen LogP contribution in [0.25, 0.3) is 0 Å². The SMILES string of the molecule is CCN(C/C=C(\C#N)C(=O)C(C)(C)C)C[C@@H]1OCCO[C@@H]1C. The van der Waals surface area contributed by atoms with E-state index in [-0.39, 0.29) is 23.6 Å². The average molecular weight is 308 g/mol. The van der Waals surface area contributed by atoms with Crippen molar-refractivity contribution in [3.63, 3.8) is 0 Å². The van der Waals surface area contributed by atoms with Crippen LogP contribution in [0.3, 0.4) is 0 Å². The Kier molecular flexibility index (Phi) is 7.21. The molecule has 0 spiro atoms. The maximum absolute atomic E-state index is 12.2. The summed E-state index contributed by atoms with van der Waals surface area (Å²) >= 11 is 0. The Bertz CT molecular complexity index is 446. The zero-order valence-electron chi connectivity index (χ0n) is 14.4. The van der Waals surface area contributed by atoms with Gasteiger partial charge in [0.25, 0.3) is 0 Å². The molecule has 0 N–H and O–H groups in total. The van der Waals surface area contributed by atoms with Gasteiger partial charge in [-0.15, -0.1) is 0 Å². The normalized spacial score (nSPS) is 23.4. The van der Waals surface area contributed by atoms with E-state index in [1.165, 1.54) is 0 Å². The summed E-state index contributed by atoms with van der Waals surface area (Å²) in [6, 6.07) is 2.03. The third-order valence-corrected chi connectivity index (χ3v) is 3.80. The van der Waals surface area contributed by atoms with Crippen LogP contribution >= 0.6 is 0 Å². The van der Waals surface area contributed by atoms with E-state index in [4.69, 9.17) is 9.47 Å². The molecule has 124 valence electrons. The summed E-state index contributed by atoms with van der Waals surface area (Å²) in [6.07, 6.45) is 1.83. The standard InChI is InChI=1S/C17H28N2O3/c1-6-19(12-15-13(2)21-9-10-22-15)8-7-14(11-18)16(20)17(3,4)5/h7,13,15H,6,8-10,12H2,1-5H3/b14-7+/t13-,15+/m1/s1. The molecular formula is C17H28N2O3. The number of carbonyl (C=O) groups excluding carboxylic acids is 1. The van der Waals surface area contributed by atoms with Crippen LogP contribution in [-0.4, -0.2) is 55.7 Å². The number of allylic oxidation sites excluding steroid dienone is 1. The van der Waals surface area contributed by atoms with E-state index in [1.807, 2.05) is 33.8 Å². The summed E-state index contributed by atoms with van der Waals surface area (Å²) in [6.45, 7) is 12.9. The van der Waals surface area contributed by atoms with Gasteiger partial charge in [-0.2, -0.15) is 5.26 Å². The highest BCUT2D eigenvalue weighted by molar-refractivity contribution is 6.02. The first kappa shape index (κ1) is 18.8. The number of nitrogens with zero attached hydrogens (tertiary/aromatic N) is 2. The highest BCUT2D eigenvalue weighted by Crippen LogP contribution is 2.19. The van der Waals surface area contributed by atoms with Gasteiger partial charge in [0.1, 0.15) is 6.07 Å². The Morgan fingerprint density at radius 3 is 2.50 bits per heavy atom. The molecule has 0 unspecified atom stereocenters. The Morgan fingerprint density at radius 1 is 1.36 bits per heavy atom. The molecule has 5 heteroatoms. The van der Waals surface area contributed by atoms with Crippen molar-refractivity contribution in [3.05, 3.63) is 11.6 Å². The molecule has 1 heterocycles. The molecule has 1 aliphatic rings. The summed E-state index contributed by atoms with van der Waals surface area (Å²) in [7, 11) is 0. The highest BCUT2D eigenvalue weighted by atomic mass is 16.6. The van der Waals surface area contributed by atoms with Crippen molar-refractivity contribution in [1.29, 1.82) is 5.26 Å². The number of hydrogen-bond donors (Lipinski definition) is 0. The fraction of sp³-hybridized carbons (Fsp3) is 0.765. The van der Waals surface area contributed by atoms with E-state index in [2.05, 4.69) is 11.8 Å². The minimum absolute atomic E-state index is 0.0333. The molecular weight excluding hydrogens is 280 g/mol. The molecule has 0 aromatic heterocycles. The van der Waals surface area contributed by atoms with Crippen LogP contribution in [-0.2, 0) is 14.3 Å². The van der Waals surface area contributed by atoms with Gasteiger partial charge in [-0.1, -0.05) is 27.7 Å². The molecule has 1 fully saturated rings. The van der Waals surface area contributed by atoms with Gasteiger partial charge in [0.2, 0.25) is 0 Å². The molecule has 2 atom stereocenters. The van der Waals surface area contributed by atoms with Crippen molar-refractivity contribution < 1.29 is 14.3 Å². The lowest BCUT2D eigenvalue weighted by molar-refractivity contribution is -0.138. The number of ketones is 1. The maximum Gasteiger partial charge on any atom is 0.178 e. The maximum atomic E-state index is 12.2. The second kappa shape index (κ2) is 8.42. The zero-order chi connectivity index (χ0) is 16.8. The van der Waals surface area contributed by atoms with Gasteiger partial charge >= 0.3 is 0 Å². The van der Waals surface area contributed by atoms with Crippen LogP contribution in [0.5, 0.6) is 0 Å². The van der Waals surface area contributed by atoms with Crippen molar-refractivity contribution in [3.8, 4) is 6.07 Å². The molecule has 5 nitrogen and oxygen atoms in total. The lowest BCUT2D eigenvalue weighted by Gasteiger charge is -2.33. The predicted octanol–water partition coefficient (Wildman–Crippen LogP) is 2.18. The van der Waals surface area contributed by atoms with Crippen LogP contribution in [0.2, 0.25) is 0 Å². The molecule has 0 saturated carbocycles. The van der Waals surface area contributed by atoms with E-state index >= 15 is 0 Å². The van der Waals surface area contributed by atoms with E-state index < -0.39 is 5.41 Å². The first-order chi connectivity index (χ1) is 10.3. The van der Waals surface area contributed by atoms with Gasteiger partial charge in [0.05, 0.1) is 31.0 Å². The summed E-state index contributed by atoms with van der Waals surface area (Å²) < 4.78 is 11.3. The zero-order valence-corrected chi connectivity index (χ0v) is 14.4. The minimum atomic E-state index is -0.534. The van der Waals surface area contributed by atoms with Gasteiger partial charge in [0, 0.05) is 18.5 Å². The average Bonchev–Trinajstić information content (AvgIpc) is 2.47. The van der Waals surface area contributed by atoms with E-state index in [0.717, 1.165) is 13.1 Å². The van der Waals surface area contributed by atoms with E-state index in [0.29, 0.717) is 19.8 Å². The molecule has 22 heavy (non-hydrogen) atoms. The fourth-order valence-corrected chi connectivity index (χ4v) is 2.28. The van der Waals surface area contributed by atoms with E-state index in [1.54, 1.807) is 6.08 Å². The van der Waals surface area contributed by atoms with Crippen molar-refractivity contribution in [1.82, 2.24) is 4.90 Å². The second-order valence-electron chi connectivity index (χ2n) is 6.65. The Morgan fingerprint density at radius 2 is 2.00 bits per heavy atom. The highest BCUT2D eigenvalue weighted by Gasteiger charge is 2.26. The molecule has 0 bridgehead atoms. The molecule has 1 saturated heterocycles. The summed E-state index contributed by atoms with van der Waals surface area (Å²) in [5, 5.41) is 9.21. The van der Waals surface area contributed by atoms with Crippen LogP contribution in [0, 0.1) is 16.7 Å². The van der Waals surface area contributed by atoms with Gasteiger partial charge < -0.3 is 9.47 Å². The molecule has 0 aromatic rings. The summed E-state index contributed by atoms with van der Waals surface area (Å²) in [5.74, 6) is -0.114. The van der Waals surface area contributed by atoms with Crippen LogP contribution in [0.1, 0.15) is 34.6 Å². The first-order valence-electron chi connectivity index (χ1n) is 7.90. The Balaban J connectivity index is 2.66. The van der Waals surface area contributed by atoms with Gasteiger partial charge in [-0.05, 0) is 19.5 Å². The van der Waals surface area contributed by atoms with Gasteiger partial charge in [-0.25, -0.2) is 0 Å². The molecule has 1 aliphatic heterocycles. The fourth-order valence-electron chi connectivity index (χ4n) is 2.28. The largest absolute Gasteiger partial charge is 0.373 e. The van der Waals surface area contributed by atoms with Crippen molar-refractivity contribution in [2.45, 2.75) is 46.8 Å². The number of Topliss-reactive ketones (excluding diaryl/α,β-unsaturated/α-hetero) is 1. The quantitative estimate of drug-likeness (QED) is 0.556. The number of carbonyl (C=O) groups is 1. The van der Waals surface area contributed by atoms with Crippen LogP contribution < -0.4 is 0 Å². The third kappa shape index (κ3) is 5.53. The molecule has 1 rings (SSSR count). The van der Waals surface area contributed by atoms with Gasteiger partial charge in [0.15, 0.2) is 5.78 Å². The second-order valence-corrected chi connectivity index (χ2v) is 6.65. The molecule has 0 amide bonds. The third-order valence-electron chi connectivity index (χ3n) is 3.80. The number of nitriles is 1. The van der Waals surface area contributed by atoms with Gasteiger partial charge in [-0.3, -0.25) is 9.69 Å². The van der Waals surface area contributed by atoms with E-state index in [9.17, 15) is 10.1 Å². The van der Waals surface area contributed by atoms with Crippen molar-refractivity contribution in [2.75, 3.05) is 32.8 Å². The number of likely N-dealkylation sites (N-methyl/N-ethyl adjacent to an activating group) is 1. The Labute approximate surface area is 133 Å². The van der Waals surface area contributed by atoms with Crippen molar-refractivity contribution in [2.24, 2.45) is 5.41 Å². The number of rotatable bonds is 6. The molecule has 0 aromatic carbocycles. The molecule has 0 radical (unpaired) electrons. The predicted molar refractivity (Wildman–Crippen MR) is 85.4 cm³/mol. The van der Waals surface area contributed by atoms with Crippen molar-refractivity contribution >= 4 is 5.78 Å². The smallest absolute Gasteiger partial charge is 0.178 e. The first-order valence-corrected chi connectivity index (χ1v) is 7.90. The monoisotopic (exact) mass is 308 g/mol. The number of hydrogen-bond acceptors (Lipinski definition) is 5. The Hall–Kier alpha value is -1.22. The lowest BCUT2D eigenvalue weighted by atomic mass is 9.86. The summed E-state index contributed by atoms with van der Waals surface area (Å²) in [4.78, 5) is 14.3. The lowest BCUT2D eigenvalue weighted by Crippen LogP contribution is -2.44.